The van der Waals surface area contributed by atoms with E-state index >= 15 is 0 Å². The summed E-state index contributed by atoms with van der Waals surface area (Å²) in [5, 5.41) is 4.47. The Morgan fingerprint density at radius 3 is 2.29 bits per heavy atom. The van der Waals surface area contributed by atoms with Gasteiger partial charge in [0.15, 0.2) is 0 Å². The van der Waals surface area contributed by atoms with Crippen LogP contribution in [0.2, 0.25) is 0 Å². The molecule has 2 N–H and O–H groups in total. The number of hydrogen-bond donors (Lipinski definition) is 2. The van der Waals surface area contributed by atoms with Gasteiger partial charge >= 0.3 is 6.03 Å². The van der Waals surface area contributed by atoms with E-state index in [1.54, 1.807) is 20.8 Å². The Morgan fingerprint density at radius 1 is 1.36 bits per heavy atom. The highest BCUT2D eigenvalue weighted by molar-refractivity contribution is 6.06. The second-order valence-corrected chi connectivity index (χ2v) is 4.39. The molecule has 0 aromatic rings. The van der Waals surface area contributed by atoms with Gasteiger partial charge in [0.2, 0.25) is 0 Å². The molecule has 78 valence electrons. The lowest BCUT2D eigenvalue weighted by Gasteiger charge is -2.17. The third-order valence-corrected chi connectivity index (χ3v) is 2.08. The van der Waals surface area contributed by atoms with Gasteiger partial charge in [-0.15, -0.1) is 0 Å². The Kier molecular flexibility index (Phi) is 2.59. The molecular formula is C9H14N2O3. The summed E-state index contributed by atoms with van der Waals surface area (Å²) in [6.45, 7) is 5.35. The smallest absolute Gasteiger partial charge is 0.322 e. The van der Waals surface area contributed by atoms with Gasteiger partial charge in [0.05, 0.1) is 0 Å². The van der Waals surface area contributed by atoms with Crippen LogP contribution in [0.15, 0.2) is 0 Å². The van der Waals surface area contributed by atoms with Gasteiger partial charge in [-0.3, -0.25) is 14.9 Å². The van der Waals surface area contributed by atoms with Crippen molar-refractivity contribution in [3.63, 3.8) is 0 Å². The Hall–Kier alpha value is -1.39. The van der Waals surface area contributed by atoms with Crippen LogP contribution in [0.4, 0.5) is 4.79 Å². The molecule has 5 nitrogen and oxygen atoms in total. The quantitative estimate of drug-likeness (QED) is 0.622. The molecule has 1 rings (SSSR count). The van der Waals surface area contributed by atoms with Crippen LogP contribution in [0.3, 0.4) is 0 Å². The fourth-order valence-corrected chi connectivity index (χ4v) is 1.09. The molecule has 1 atom stereocenters. The van der Waals surface area contributed by atoms with Crippen molar-refractivity contribution in [1.29, 1.82) is 0 Å². The Morgan fingerprint density at radius 2 is 1.93 bits per heavy atom. The highest BCUT2D eigenvalue weighted by Crippen LogP contribution is 2.18. The maximum absolute atomic E-state index is 11.5. The Bertz CT molecular complexity index is 291. The summed E-state index contributed by atoms with van der Waals surface area (Å²) in [6, 6.07) is -1.23. The molecule has 0 spiro atoms. The lowest BCUT2D eigenvalue weighted by atomic mass is 9.87. The van der Waals surface area contributed by atoms with Gasteiger partial charge in [-0.1, -0.05) is 20.8 Å². The monoisotopic (exact) mass is 198 g/mol. The minimum absolute atomic E-state index is 0.0418. The van der Waals surface area contributed by atoms with Crippen LogP contribution in [0.5, 0.6) is 0 Å². The third kappa shape index (κ3) is 2.31. The van der Waals surface area contributed by atoms with E-state index in [-0.39, 0.29) is 12.2 Å². The van der Waals surface area contributed by atoms with E-state index in [0.717, 1.165) is 0 Å². The summed E-state index contributed by atoms with van der Waals surface area (Å²) in [6.07, 6.45) is 0.0566. The molecular weight excluding hydrogens is 184 g/mol. The number of carbonyl (C=O) groups excluding carboxylic acids is 3. The fourth-order valence-electron chi connectivity index (χ4n) is 1.09. The SMILES string of the molecule is CC(C)(C)C(=O)CC1NC(=O)NC1=O. The second kappa shape index (κ2) is 3.40. The fraction of sp³-hybridized carbons (Fsp3) is 0.667. The van der Waals surface area contributed by atoms with Crippen LogP contribution in [-0.2, 0) is 9.59 Å². The number of amides is 3. The van der Waals surface area contributed by atoms with Gasteiger partial charge < -0.3 is 5.32 Å². The van der Waals surface area contributed by atoms with Crippen LogP contribution >= 0.6 is 0 Å². The third-order valence-electron chi connectivity index (χ3n) is 2.08. The maximum atomic E-state index is 11.5. The summed E-state index contributed by atoms with van der Waals surface area (Å²) in [7, 11) is 0. The zero-order valence-corrected chi connectivity index (χ0v) is 8.51. The van der Waals surface area contributed by atoms with Crippen molar-refractivity contribution < 1.29 is 14.4 Å². The first-order valence-electron chi connectivity index (χ1n) is 4.45. The van der Waals surface area contributed by atoms with Crippen LogP contribution in [-0.4, -0.2) is 23.8 Å². The second-order valence-electron chi connectivity index (χ2n) is 4.39. The van der Waals surface area contributed by atoms with Crippen molar-refractivity contribution in [2.45, 2.75) is 33.2 Å². The molecule has 1 heterocycles. The van der Waals surface area contributed by atoms with Crippen LogP contribution < -0.4 is 10.6 Å². The topological polar surface area (TPSA) is 75.3 Å². The van der Waals surface area contributed by atoms with Gasteiger partial charge in [0.25, 0.3) is 5.91 Å². The van der Waals surface area contributed by atoms with Gasteiger partial charge in [0, 0.05) is 11.8 Å². The van der Waals surface area contributed by atoms with Crippen LogP contribution in [0.25, 0.3) is 0 Å². The molecule has 1 saturated heterocycles. The average molecular weight is 198 g/mol. The number of imide groups is 1. The molecule has 0 radical (unpaired) electrons. The highest BCUT2D eigenvalue weighted by Gasteiger charge is 2.34. The minimum Gasteiger partial charge on any atom is -0.326 e. The van der Waals surface area contributed by atoms with E-state index in [0.29, 0.717) is 0 Å². The zero-order valence-electron chi connectivity index (χ0n) is 8.51. The molecule has 3 amide bonds. The van der Waals surface area contributed by atoms with Gasteiger partial charge in [-0.2, -0.15) is 0 Å². The summed E-state index contributed by atoms with van der Waals surface area (Å²) in [5.41, 5.74) is -0.479. The summed E-state index contributed by atoms with van der Waals surface area (Å²) in [5.74, 6) is -0.465. The van der Waals surface area contributed by atoms with E-state index < -0.39 is 23.4 Å². The maximum Gasteiger partial charge on any atom is 0.322 e. The standard InChI is InChI=1S/C9H14N2O3/c1-9(2,3)6(12)4-5-7(13)11-8(14)10-5/h5H,4H2,1-3H3,(H2,10,11,13,14). The molecule has 1 aliphatic rings. The van der Waals surface area contributed by atoms with Crippen molar-refractivity contribution in [2.75, 3.05) is 0 Å². The molecule has 5 heteroatoms. The number of ketones is 1. The first-order valence-corrected chi connectivity index (χ1v) is 4.45. The zero-order chi connectivity index (χ0) is 10.9. The summed E-state index contributed by atoms with van der Waals surface area (Å²) >= 11 is 0. The number of Topliss-reactive ketones (excluding diaryl/α,β-unsaturated/α-hetero) is 1. The van der Waals surface area contributed by atoms with Gasteiger partial charge in [-0.05, 0) is 0 Å². The molecule has 0 saturated carbocycles. The lowest BCUT2D eigenvalue weighted by molar-refractivity contribution is -0.129. The first kappa shape index (κ1) is 10.7. The van der Waals surface area contributed by atoms with E-state index in [4.69, 9.17) is 0 Å². The number of nitrogens with one attached hydrogen (secondary N) is 2. The van der Waals surface area contributed by atoms with Crippen molar-refractivity contribution in [2.24, 2.45) is 5.41 Å². The van der Waals surface area contributed by atoms with Crippen molar-refractivity contribution in [3.05, 3.63) is 0 Å². The summed E-state index contributed by atoms with van der Waals surface area (Å²) in [4.78, 5) is 33.4. The molecule has 0 aromatic heterocycles. The summed E-state index contributed by atoms with van der Waals surface area (Å²) < 4.78 is 0. The van der Waals surface area contributed by atoms with Gasteiger partial charge in [-0.25, -0.2) is 4.79 Å². The molecule has 0 bridgehead atoms. The van der Waals surface area contributed by atoms with Crippen molar-refractivity contribution in [1.82, 2.24) is 10.6 Å². The Labute approximate surface area is 82.2 Å². The van der Waals surface area contributed by atoms with E-state index in [1.165, 1.54) is 0 Å². The molecule has 14 heavy (non-hydrogen) atoms. The number of carbonyl (C=O) groups is 3. The van der Waals surface area contributed by atoms with Crippen LogP contribution in [0.1, 0.15) is 27.2 Å². The largest absolute Gasteiger partial charge is 0.326 e. The van der Waals surface area contributed by atoms with Crippen molar-refractivity contribution in [3.8, 4) is 0 Å². The van der Waals surface area contributed by atoms with E-state index in [2.05, 4.69) is 10.6 Å². The van der Waals surface area contributed by atoms with E-state index in [9.17, 15) is 14.4 Å². The number of rotatable bonds is 2. The predicted molar refractivity (Wildman–Crippen MR) is 49.5 cm³/mol. The number of hydrogen-bond acceptors (Lipinski definition) is 3. The first-order chi connectivity index (χ1) is 6.30. The normalized spacial score (nSPS) is 21.8. The minimum atomic E-state index is -0.700. The van der Waals surface area contributed by atoms with Gasteiger partial charge in [0.1, 0.15) is 11.8 Å². The molecule has 1 unspecified atom stereocenters. The van der Waals surface area contributed by atoms with Crippen LogP contribution in [0, 0.1) is 5.41 Å². The molecule has 0 aliphatic carbocycles. The van der Waals surface area contributed by atoms with E-state index in [1.807, 2.05) is 0 Å². The van der Waals surface area contributed by atoms with Crippen molar-refractivity contribution >= 4 is 17.7 Å². The average Bonchev–Trinajstić information content (AvgIpc) is 2.28. The predicted octanol–water partition coefficient (Wildman–Crippen LogP) is 0.200. The Balaban J connectivity index is 2.58. The molecule has 1 fully saturated rings. The molecule has 0 aromatic carbocycles. The molecule has 1 aliphatic heterocycles. The number of urea groups is 1. The highest BCUT2D eigenvalue weighted by atomic mass is 16.2. The lowest BCUT2D eigenvalue weighted by Crippen LogP contribution is -2.35.